The Hall–Kier alpha value is -1.74. The molecular weight excluding hydrogens is 262 g/mol. The van der Waals surface area contributed by atoms with Gasteiger partial charge in [-0.15, -0.1) is 0 Å². The zero-order chi connectivity index (χ0) is 13.6. The van der Waals surface area contributed by atoms with Crippen LogP contribution in [-0.2, 0) is 14.8 Å². The van der Waals surface area contributed by atoms with Gasteiger partial charge in [0.1, 0.15) is 0 Å². The number of hydrogen-bond donors (Lipinski definition) is 2. The fourth-order valence-electron chi connectivity index (χ4n) is 1.16. The number of methoxy groups -OCH3 is 1. The molecular formula is C9H13N3O5S. The molecule has 0 fully saturated rings. The topological polar surface area (TPSA) is 118 Å². The van der Waals surface area contributed by atoms with Gasteiger partial charge >= 0.3 is 5.97 Å². The van der Waals surface area contributed by atoms with Crippen molar-refractivity contribution >= 4 is 21.8 Å². The molecule has 1 aromatic rings. The summed E-state index contributed by atoms with van der Waals surface area (Å²) in [6, 6.07) is 0. The number of aromatic carboxylic acids is 1. The average molecular weight is 275 g/mol. The first kappa shape index (κ1) is 14.3. The zero-order valence-corrected chi connectivity index (χ0v) is 10.5. The largest absolute Gasteiger partial charge is 0.476 e. The number of ether oxygens (including phenoxy) is 1. The zero-order valence-electron chi connectivity index (χ0n) is 9.66. The van der Waals surface area contributed by atoms with Crippen molar-refractivity contribution < 1.29 is 23.1 Å². The maximum absolute atomic E-state index is 11.6. The Morgan fingerprint density at radius 3 is 2.72 bits per heavy atom. The van der Waals surface area contributed by atoms with Crippen LogP contribution in [0.15, 0.2) is 12.4 Å². The van der Waals surface area contributed by atoms with Gasteiger partial charge in [0.25, 0.3) is 0 Å². The molecule has 0 atom stereocenters. The van der Waals surface area contributed by atoms with Crippen LogP contribution in [0.25, 0.3) is 0 Å². The summed E-state index contributed by atoms with van der Waals surface area (Å²) in [5, 5.41) is 8.82. The average Bonchev–Trinajstić information content (AvgIpc) is 2.29. The minimum absolute atomic E-state index is 0.184. The summed E-state index contributed by atoms with van der Waals surface area (Å²) in [7, 11) is -2.20. The van der Waals surface area contributed by atoms with Crippen molar-refractivity contribution in [3.05, 3.63) is 18.1 Å². The number of sulfonamides is 1. The van der Waals surface area contributed by atoms with Crippen LogP contribution in [0.4, 0.5) is 5.82 Å². The second-order valence-electron chi connectivity index (χ2n) is 3.33. The molecule has 0 aliphatic carbocycles. The van der Waals surface area contributed by atoms with E-state index in [1.165, 1.54) is 19.5 Å². The number of anilines is 1. The number of carboxylic acid groups (broad SMARTS) is 1. The van der Waals surface area contributed by atoms with Crippen LogP contribution in [0.2, 0.25) is 0 Å². The highest BCUT2D eigenvalue weighted by atomic mass is 32.2. The van der Waals surface area contributed by atoms with Gasteiger partial charge in [-0.1, -0.05) is 0 Å². The van der Waals surface area contributed by atoms with Crippen LogP contribution >= 0.6 is 0 Å². The van der Waals surface area contributed by atoms with Crippen molar-refractivity contribution in [2.24, 2.45) is 0 Å². The molecule has 0 aliphatic heterocycles. The van der Waals surface area contributed by atoms with E-state index in [2.05, 4.69) is 14.7 Å². The Bertz CT molecular complexity index is 517. The van der Waals surface area contributed by atoms with Crippen LogP contribution in [0.1, 0.15) is 16.9 Å². The maximum Gasteiger partial charge on any atom is 0.358 e. The van der Waals surface area contributed by atoms with E-state index >= 15 is 0 Å². The lowest BCUT2D eigenvalue weighted by atomic mass is 10.4. The van der Waals surface area contributed by atoms with Gasteiger partial charge in [0.2, 0.25) is 10.0 Å². The number of rotatable bonds is 7. The molecule has 0 aliphatic rings. The van der Waals surface area contributed by atoms with Crippen molar-refractivity contribution in [3.8, 4) is 0 Å². The summed E-state index contributed by atoms with van der Waals surface area (Å²) in [5.41, 5.74) is -0.437. The fraction of sp³-hybridized carbons (Fsp3) is 0.444. The first-order valence-corrected chi connectivity index (χ1v) is 6.65. The van der Waals surface area contributed by atoms with Crippen LogP contribution in [0.3, 0.4) is 0 Å². The Morgan fingerprint density at radius 1 is 1.44 bits per heavy atom. The van der Waals surface area contributed by atoms with Gasteiger partial charge in [-0.3, -0.25) is 4.72 Å². The third kappa shape index (κ3) is 4.26. The summed E-state index contributed by atoms with van der Waals surface area (Å²) in [5.74, 6) is -1.82. The summed E-state index contributed by atoms with van der Waals surface area (Å²) >= 11 is 0. The van der Waals surface area contributed by atoms with E-state index in [-0.39, 0.29) is 11.6 Å². The van der Waals surface area contributed by atoms with Crippen LogP contribution < -0.4 is 4.72 Å². The number of carboxylic acids is 1. The molecule has 1 heterocycles. The van der Waals surface area contributed by atoms with E-state index in [0.717, 1.165) is 0 Å². The van der Waals surface area contributed by atoms with Crippen molar-refractivity contribution in [3.63, 3.8) is 0 Å². The molecule has 1 aromatic heterocycles. The Morgan fingerprint density at radius 2 is 2.11 bits per heavy atom. The van der Waals surface area contributed by atoms with E-state index < -0.39 is 21.7 Å². The van der Waals surface area contributed by atoms with Crippen LogP contribution in [-0.4, -0.2) is 48.9 Å². The Balaban J connectivity index is 2.81. The second-order valence-corrected chi connectivity index (χ2v) is 5.17. The lowest BCUT2D eigenvalue weighted by Crippen LogP contribution is -2.21. The summed E-state index contributed by atoms with van der Waals surface area (Å²) in [6.07, 6.45) is 2.68. The molecule has 18 heavy (non-hydrogen) atoms. The number of nitrogens with one attached hydrogen (secondary N) is 1. The van der Waals surface area contributed by atoms with Gasteiger partial charge in [0.05, 0.1) is 5.75 Å². The lowest BCUT2D eigenvalue weighted by molar-refractivity contribution is 0.0691. The number of aromatic nitrogens is 2. The molecule has 0 unspecified atom stereocenters. The molecule has 0 bridgehead atoms. The molecule has 0 saturated heterocycles. The Kier molecular flexibility index (Phi) is 4.98. The summed E-state index contributed by atoms with van der Waals surface area (Å²) in [6.45, 7) is 0.299. The van der Waals surface area contributed by atoms with E-state index in [9.17, 15) is 13.2 Å². The highest BCUT2D eigenvalue weighted by Gasteiger charge is 2.18. The van der Waals surface area contributed by atoms with Crippen molar-refractivity contribution in [1.29, 1.82) is 0 Å². The van der Waals surface area contributed by atoms with E-state index in [0.29, 0.717) is 13.0 Å². The molecule has 0 radical (unpaired) electrons. The van der Waals surface area contributed by atoms with Gasteiger partial charge in [-0.25, -0.2) is 23.2 Å². The standard InChI is InChI=1S/C9H13N3O5S/c1-17-5-2-6-18(15,16)12-8-7(9(13)14)10-3-4-11-8/h3-4H,2,5-6H2,1H3,(H,11,12)(H,13,14). The third-order valence-corrected chi connectivity index (χ3v) is 3.25. The number of carbonyl (C=O) groups is 1. The smallest absolute Gasteiger partial charge is 0.358 e. The predicted octanol–water partition coefficient (Wildman–Crippen LogP) is -0.0470. The predicted molar refractivity (Wildman–Crippen MR) is 62.9 cm³/mol. The van der Waals surface area contributed by atoms with E-state index in [4.69, 9.17) is 9.84 Å². The fourth-order valence-corrected chi connectivity index (χ4v) is 2.20. The second kappa shape index (κ2) is 6.26. The Labute approximate surface area is 104 Å². The van der Waals surface area contributed by atoms with Crippen LogP contribution in [0.5, 0.6) is 0 Å². The van der Waals surface area contributed by atoms with E-state index in [1.54, 1.807) is 0 Å². The molecule has 0 saturated carbocycles. The van der Waals surface area contributed by atoms with Gasteiger partial charge in [-0.05, 0) is 6.42 Å². The first-order valence-electron chi connectivity index (χ1n) is 5.00. The number of hydrogen-bond acceptors (Lipinski definition) is 6. The molecule has 100 valence electrons. The van der Waals surface area contributed by atoms with Crippen molar-refractivity contribution in [1.82, 2.24) is 9.97 Å². The SMILES string of the molecule is COCCCS(=O)(=O)Nc1nccnc1C(=O)O. The number of nitrogens with zero attached hydrogens (tertiary/aromatic N) is 2. The van der Waals surface area contributed by atoms with Crippen molar-refractivity contribution in [2.45, 2.75) is 6.42 Å². The molecule has 9 heteroatoms. The molecule has 0 spiro atoms. The molecule has 0 aromatic carbocycles. The molecule has 0 amide bonds. The highest BCUT2D eigenvalue weighted by Crippen LogP contribution is 2.10. The van der Waals surface area contributed by atoms with E-state index in [1.807, 2.05) is 0 Å². The van der Waals surface area contributed by atoms with Gasteiger partial charge in [-0.2, -0.15) is 0 Å². The first-order chi connectivity index (χ1) is 8.46. The van der Waals surface area contributed by atoms with Gasteiger partial charge in [0, 0.05) is 26.1 Å². The summed E-state index contributed by atoms with van der Waals surface area (Å²) in [4.78, 5) is 18.0. The monoisotopic (exact) mass is 275 g/mol. The minimum atomic E-state index is -3.66. The van der Waals surface area contributed by atoms with Gasteiger partial charge in [0.15, 0.2) is 11.5 Å². The highest BCUT2D eigenvalue weighted by molar-refractivity contribution is 7.92. The maximum atomic E-state index is 11.6. The summed E-state index contributed by atoms with van der Waals surface area (Å²) < 4.78 is 30.1. The molecule has 8 nitrogen and oxygen atoms in total. The normalized spacial score (nSPS) is 11.2. The minimum Gasteiger partial charge on any atom is -0.476 e. The molecule has 2 N–H and O–H groups in total. The van der Waals surface area contributed by atoms with Crippen LogP contribution in [0, 0.1) is 0 Å². The van der Waals surface area contributed by atoms with Gasteiger partial charge < -0.3 is 9.84 Å². The molecule has 1 rings (SSSR count). The third-order valence-electron chi connectivity index (χ3n) is 1.91. The quantitative estimate of drug-likeness (QED) is 0.670. The van der Waals surface area contributed by atoms with Crippen molar-refractivity contribution in [2.75, 3.05) is 24.2 Å². The lowest BCUT2D eigenvalue weighted by Gasteiger charge is -2.08.